The Labute approximate surface area is 172 Å². The highest BCUT2D eigenvalue weighted by atomic mass is 16.1. The van der Waals surface area contributed by atoms with Gasteiger partial charge < -0.3 is 5.32 Å². The third-order valence-corrected chi connectivity index (χ3v) is 5.47. The predicted octanol–water partition coefficient (Wildman–Crippen LogP) is 4.52. The largest absolute Gasteiger partial charge is 0.324 e. The second-order valence-electron chi connectivity index (χ2n) is 7.81. The van der Waals surface area contributed by atoms with Gasteiger partial charge in [0.05, 0.1) is 11.9 Å². The van der Waals surface area contributed by atoms with Gasteiger partial charge in [0, 0.05) is 32.3 Å². The minimum atomic E-state index is 0.0495. The molecule has 0 unspecified atom stereocenters. The molecule has 4 heteroatoms. The van der Waals surface area contributed by atoms with Crippen molar-refractivity contribution in [2.75, 3.05) is 11.9 Å². The monoisotopic (exact) mass is 385 g/mol. The second kappa shape index (κ2) is 9.01. The Morgan fingerprint density at radius 1 is 1.07 bits per heavy atom. The van der Waals surface area contributed by atoms with E-state index in [9.17, 15) is 4.79 Å². The highest BCUT2D eigenvalue weighted by molar-refractivity contribution is 5.91. The van der Waals surface area contributed by atoms with E-state index in [1.54, 1.807) is 6.20 Å². The number of rotatable bonds is 6. The fourth-order valence-corrected chi connectivity index (χ4v) is 3.97. The fraction of sp³-hybridized carbons (Fsp3) is 0.280. The number of benzene rings is 2. The lowest BCUT2D eigenvalue weighted by Crippen LogP contribution is -2.31. The summed E-state index contributed by atoms with van der Waals surface area (Å²) in [6, 6.07) is 18.9. The topological polar surface area (TPSA) is 45.2 Å². The first-order valence-corrected chi connectivity index (χ1v) is 10.2. The molecule has 29 heavy (non-hydrogen) atoms. The van der Waals surface area contributed by atoms with Crippen molar-refractivity contribution in [2.45, 2.75) is 39.3 Å². The van der Waals surface area contributed by atoms with Crippen molar-refractivity contribution in [1.29, 1.82) is 0 Å². The SMILES string of the molecule is Cc1cccc(CCC(=O)Nc2cncc3c2CCN(Cc2ccccc2)C3)c1. The molecule has 0 atom stereocenters. The van der Waals surface area contributed by atoms with Crippen LogP contribution in [0.15, 0.2) is 67.0 Å². The zero-order valence-electron chi connectivity index (χ0n) is 16.9. The normalized spacial score (nSPS) is 13.7. The zero-order valence-corrected chi connectivity index (χ0v) is 16.9. The van der Waals surface area contributed by atoms with Gasteiger partial charge in [-0.05, 0) is 42.0 Å². The quantitative estimate of drug-likeness (QED) is 0.679. The molecule has 3 aromatic rings. The summed E-state index contributed by atoms with van der Waals surface area (Å²) >= 11 is 0. The number of nitrogens with one attached hydrogen (secondary N) is 1. The lowest BCUT2D eigenvalue weighted by atomic mass is 9.99. The Kier molecular flexibility index (Phi) is 6.01. The van der Waals surface area contributed by atoms with E-state index < -0.39 is 0 Å². The molecule has 1 aliphatic heterocycles. The lowest BCUT2D eigenvalue weighted by molar-refractivity contribution is -0.116. The molecular formula is C25H27N3O. The summed E-state index contributed by atoms with van der Waals surface area (Å²) in [7, 11) is 0. The maximum absolute atomic E-state index is 12.5. The van der Waals surface area contributed by atoms with Crippen LogP contribution in [0.2, 0.25) is 0 Å². The fourth-order valence-electron chi connectivity index (χ4n) is 3.97. The Balaban J connectivity index is 1.37. The van der Waals surface area contributed by atoms with Crippen LogP contribution in [0.5, 0.6) is 0 Å². The van der Waals surface area contributed by atoms with E-state index in [4.69, 9.17) is 0 Å². The summed E-state index contributed by atoms with van der Waals surface area (Å²) in [4.78, 5) is 19.3. The minimum Gasteiger partial charge on any atom is -0.324 e. The number of anilines is 1. The van der Waals surface area contributed by atoms with Gasteiger partial charge >= 0.3 is 0 Å². The summed E-state index contributed by atoms with van der Waals surface area (Å²) in [5.74, 6) is 0.0495. The number of nitrogens with zero attached hydrogens (tertiary/aromatic N) is 2. The molecular weight excluding hydrogens is 358 g/mol. The molecule has 1 aliphatic rings. The van der Waals surface area contributed by atoms with Crippen LogP contribution < -0.4 is 5.32 Å². The van der Waals surface area contributed by atoms with Crippen LogP contribution in [0.4, 0.5) is 5.69 Å². The number of aryl methyl sites for hydroxylation is 2. The molecule has 1 amide bonds. The molecule has 1 aromatic heterocycles. The summed E-state index contributed by atoms with van der Waals surface area (Å²) < 4.78 is 0. The van der Waals surface area contributed by atoms with E-state index in [0.29, 0.717) is 6.42 Å². The van der Waals surface area contributed by atoms with Crippen molar-refractivity contribution < 1.29 is 4.79 Å². The number of aromatic nitrogens is 1. The predicted molar refractivity (Wildman–Crippen MR) is 117 cm³/mol. The smallest absolute Gasteiger partial charge is 0.224 e. The maximum atomic E-state index is 12.5. The molecule has 0 spiro atoms. The standard InChI is InChI=1S/C25H27N3O/c1-19-6-5-9-20(14-19)10-11-25(29)27-24-16-26-15-22-18-28(13-12-23(22)24)17-21-7-3-2-4-8-21/h2-9,14-16H,10-13,17-18H2,1H3,(H,27,29). The van der Waals surface area contributed by atoms with E-state index in [0.717, 1.165) is 38.2 Å². The van der Waals surface area contributed by atoms with Crippen molar-refractivity contribution in [1.82, 2.24) is 9.88 Å². The van der Waals surface area contributed by atoms with Gasteiger partial charge in [-0.25, -0.2) is 0 Å². The number of fused-ring (bicyclic) bond motifs is 1. The molecule has 148 valence electrons. The maximum Gasteiger partial charge on any atom is 0.224 e. The molecule has 0 saturated carbocycles. The highest BCUT2D eigenvalue weighted by Gasteiger charge is 2.20. The van der Waals surface area contributed by atoms with Crippen LogP contribution in [0.3, 0.4) is 0 Å². The first-order valence-electron chi connectivity index (χ1n) is 10.2. The number of carbonyl (C=O) groups excluding carboxylic acids is 1. The summed E-state index contributed by atoms with van der Waals surface area (Å²) in [6.07, 6.45) is 5.89. The molecule has 4 nitrogen and oxygen atoms in total. The third kappa shape index (κ3) is 5.09. The van der Waals surface area contributed by atoms with Crippen molar-refractivity contribution in [3.8, 4) is 0 Å². The number of hydrogen-bond donors (Lipinski definition) is 1. The second-order valence-corrected chi connectivity index (χ2v) is 7.81. The Hall–Kier alpha value is -2.98. The van der Waals surface area contributed by atoms with Crippen molar-refractivity contribution in [2.24, 2.45) is 0 Å². The first-order chi connectivity index (χ1) is 14.2. The zero-order chi connectivity index (χ0) is 20.1. The van der Waals surface area contributed by atoms with E-state index in [2.05, 4.69) is 64.6 Å². The van der Waals surface area contributed by atoms with Crippen molar-refractivity contribution in [3.05, 3.63) is 94.8 Å². The van der Waals surface area contributed by atoms with Gasteiger partial charge in [0.25, 0.3) is 0 Å². The van der Waals surface area contributed by atoms with Gasteiger partial charge in [-0.3, -0.25) is 14.7 Å². The van der Waals surface area contributed by atoms with Crippen LogP contribution in [0, 0.1) is 6.92 Å². The molecule has 1 N–H and O–H groups in total. The van der Waals surface area contributed by atoms with E-state index in [-0.39, 0.29) is 5.91 Å². The molecule has 0 saturated heterocycles. The van der Waals surface area contributed by atoms with Crippen LogP contribution in [0.1, 0.15) is 34.2 Å². The molecule has 0 fully saturated rings. The highest BCUT2D eigenvalue weighted by Crippen LogP contribution is 2.26. The van der Waals surface area contributed by atoms with Gasteiger partial charge in [0.15, 0.2) is 0 Å². The Morgan fingerprint density at radius 3 is 2.72 bits per heavy atom. The number of pyridine rings is 1. The molecule has 0 aliphatic carbocycles. The summed E-state index contributed by atoms with van der Waals surface area (Å²) in [5, 5.41) is 3.10. The van der Waals surface area contributed by atoms with Gasteiger partial charge in [-0.2, -0.15) is 0 Å². The number of amides is 1. The Bertz CT molecular complexity index is 984. The van der Waals surface area contributed by atoms with Gasteiger partial charge in [0.1, 0.15) is 0 Å². The van der Waals surface area contributed by atoms with E-state index in [1.165, 1.54) is 27.8 Å². The molecule has 2 heterocycles. The van der Waals surface area contributed by atoms with Crippen LogP contribution >= 0.6 is 0 Å². The van der Waals surface area contributed by atoms with Gasteiger partial charge in [-0.1, -0.05) is 60.2 Å². The first kappa shape index (κ1) is 19.3. The average Bonchev–Trinajstić information content (AvgIpc) is 2.73. The lowest BCUT2D eigenvalue weighted by Gasteiger charge is -2.29. The van der Waals surface area contributed by atoms with Crippen LogP contribution in [-0.4, -0.2) is 22.3 Å². The van der Waals surface area contributed by atoms with Crippen molar-refractivity contribution in [3.63, 3.8) is 0 Å². The number of hydrogen-bond acceptors (Lipinski definition) is 3. The molecule has 0 radical (unpaired) electrons. The molecule has 0 bridgehead atoms. The van der Waals surface area contributed by atoms with Gasteiger partial charge in [0.2, 0.25) is 5.91 Å². The minimum absolute atomic E-state index is 0.0495. The van der Waals surface area contributed by atoms with E-state index >= 15 is 0 Å². The number of carbonyl (C=O) groups is 1. The van der Waals surface area contributed by atoms with Crippen LogP contribution in [-0.2, 0) is 30.7 Å². The molecule has 2 aromatic carbocycles. The van der Waals surface area contributed by atoms with Gasteiger partial charge in [-0.15, -0.1) is 0 Å². The third-order valence-electron chi connectivity index (χ3n) is 5.47. The average molecular weight is 386 g/mol. The Morgan fingerprint density at radius 2 is 1.90 bits per heavy atom. The molecule has 4 rings (SSSR count). The summed E-state index contributed by atoms with van der Waals surface area (Å²) in [6.45, 7) is 4.86. The van der Waals surface area contributed by atoms with E-state index in [1.807, 2.05) is 18.3 Å². The van der Waals surface area contributed by atoms with Crippen molar-refractivity contribution >= 4 is 11.6 Å². The summed E-state index contributed by atoms with van der Waals surface area (Å²) in [5.41, 5.74) is 7.06. The van der Waals surface area contributed by atoms with Crippen LogP contribution in [0.25, 0.3) is 0 Å².